The Hall–Kier alpha value is -4.40. The van der Waals surface area contributed by atoms with Crippen molar-refractivity contribution in [3.05, 3.63) is 79.9 Å². The molecule has 6 aromatic rings. The molecule has 1 amide bonds. The molecule has 2 aliphatic heterocycles. The number of carbonyl (C=O) groups excluding carboxylic acids is 1. The fraction of sp³-hybridized carbons (Fsp3) is 0.450. The van der Waals surface area contributed by atoms with Crippen molar-refractivity contribution in [1.29, 1.82) is 0 Å². The van der Waals surface area contributed by atoms with Crippen molar-refractivity contribution in [3.63, 3.8) is 0 Å². The van der Waals surface area contributed by atoms with Crippen LogP contribution in [0.15, 0.2) is 49.3 Å². The monoisotopic (exact) mass is 774 g/mol. The van der Waals surface area contributed by atoms with E-state index in [0.717, 1.165) is 109 Å². The zero-order chi connectivity index (χ0) is 36.0. The van der Waals surface area contributed by atoms with E-state index >= 15 is 0 Å². The first-order valence-electron chi connectivity index (χ1n) is 19.4. The molecule has 2 spiro atoms. The Labute approximate surface area is 326 Å². The lowest BCUT2D eigenvalue weighted by atomic mass is 10.1. The summed E-state index contributed by atoms with van der Waals surface area (Å²) in [6.07, 6.45) is 19.0. The fourth-order valence-electron chi connectivity index (χ4n) is 9.45. The summed E-state index contributed by atoms with van der Waals surface area (Å²) < 4.78 is 0. The highest BCUT2D eigenvalue weighted by atomic mass is 32.1. The van der Waals surface area contributed by atoms with E-state index in [1.165, 1.54) is 59.4 Å². The van der Waals surface area contributed by atoms with E-state index in [0.29, 0.717) is 0 Å². The number of anilines is 2. The van der Waals surface area contributed by atoms with Crippen LogP contribution in [-0.4, -0.2) is 101 Å². The Kier molecular flexibility index (Phi) is 7.68. The Bertz CT molecular complexity index is 2220. The Morgan fingerprint density at radius 2 is 1.19 bits per heavy atom. The fourth-order valence-corrected chi connectivity index (χ4v) is 12.3. The van der Waals surface area contributed by atoms with Crippen molar-refractivity contribution in [2.24, 2.45) is 0 Å². The van der Waals surface area contributed by atoms with E-state index in [-0.39, 0.29) is 17.0 Å². The third-order valence-corrected chi connectivity index (χ3v) is 15.7. The number of hydrogen-bond donors (Lipinski definition) is 2. The summed E-state index contributed by atoms with van der Waals surface area (Å²) in [6.45, 7) is 5.35. The number of thiophene rings is 2. The summed E-state index contributed by atoms with van der Waals surface area (Å²) in [4.78, 5) is 53.2. The first kappa shape index (κ1) is 33.0. The van der Waals surface area contributed by atoms with Gasteiger partial charge in [-0.2, -0.15) is 0 Å². The summed E-state index contributed by atoms with van der Waals surface area (Å²) in [5.74, 6) is 2.27. The van der Waals surface area contributed by atoms with E-state index in [9.17, 15) is 4.79 Å². The maximum atomic E-state index is 13.3. The third-order valence-electron chi connectivity index (χ3n) is 12.6. The summed E-state index contributed by atoms with van der Waals surface area (Å²) in [6, 6.07) is 8.64. The van der Waals surface area contributed by atoms with Gasteiger partial charge in [0.25, 0.3) is 5.91 Å². The van der Waals surface area contributed by atoms with Crippen LogP contribution in [0, 0.1) is 0 Å². The molecule has 2 saturated carbocycles. The van der Waals surface area contributed by atoms with Crippen LogP contribution >= 0.6 is 34.9 Å². The predicted molar refractivity (Wildman–Crippen MR) is 218 cm³/mol. The molecule has 8 heterocycles. The minimum atomic E-state index is -0.0165. The number of aromatic nitrogens is 6. The number of hydrogen-bond acceptors (Lipinski definition) is 10. The highest BCUT2D eigenvalue weighted by Gasteiger charge is 2.54. The highest BCUT2D eigenvalue weighted by molar-refractivity contribution is 7.81. The number of nitrogens with one attached hydrogen (secondary N) is 2. The topological polar surface area (TPSA) is 113 Å². The maximum Gasteiger partial charge on any atom is 0.264 e. The van der Waals surface area contributed by atoms with E-state index in [2.05, 4.69) is 67.7 Å². The molecule has 0 unspecified atom stereocenters. The SMILES string of the molecule is O=C(c1cc2c(s1)CCC2)N1CCN(c2ncnc3[nH]ccc23)CC12CC2.S=C(c1cc2c(s1)CCC2)N1CCN(c2ncnc3[nH]ccc23)CC12CC2. The smallest absolute Gasteiger partial charge is 0.264 e. The molecule has 0 radical (unpaired) electrons. The molecule has 2 N–H and O–H groups in total. The van der Waals surface area contributed by atoms with E-state index in [4.69, 9.17) is 12.2 Å². The lowest BCUT2D eigenvalue weighted by Gasteiger charge is -2.44. The van der Waals surface area contributed by atoms with Crippen LogP contribution in [0.1, 0.15) is 74.0 Å². The average molecular weight is 775 g/mol. The maximum absolute atomic E-state index is 13.3. The van der Waals surface area contributed by atoms with Gasteiger partial charge in [0.2, 0.25) is 0 Å². The van der Waals surface area contributed by atoms with Crippen LogP contribution in [0.2, 0.25) is 0 Å². The van der Waals surface area contributed by atoms with Crippen LogP contribution in [0.3, 0.4) is 0 Å². The zero-order valence-electron chi connectivity index (χ0n) is 30.1. The Balaban J connectivity index is 0.000000126. The Morgan fingerprint density at radius 3 is 1.74 bits per heavy atom. The van der Waals surface area contributed by atoms with Gasteiger partial charge in [-0.25, -0.2) is 19.9 Å². The van der Waals surface area contributed by atoms with Gasteiger partial charge in [-0.05, 0) is 99.6 Å². The lowest BCUT2D eigenvalue weighted by molar-refractivity contribution is 0.0629. The van der Waals surface area contributed by atoms with E-state index in [1.807, 2.05) is 29.8 Å². The van der Waals surface area contributed by atoms with Gasteiger partial charge < -0.3 is 29.6 Å². The lowest BCUT2D eigenvalue weighted by Crippen LogP contribution is -2.57. The molecule has 54 heavy (non-hydrogen) atoms. The molecule has 0 aromatic carbocycles. The predicted octanol–water partition coefficient (Wildman–Crippen LogP) is 6.54. The molecular formula is C40H42N10OS3. The highest BCUT2D eigenvalue weighted by Crippen LogP contribution is 2.48. The molecule has 4 aliphatic carbocycles. The largest absolute Gasteiger partial charge is 0.352 e. The summed E-state index contributed by atoms with van der Waals surface area (Å²) in [5, 5.41) is 2.17. The number of carbonyl (C=O) groups is 1. The van der Waals surface area contributed by atoms with Gasteiger partial charge in [0.15, 0.2) is 0 Å². The summed E-state index contributed by atoms with van der Waals surface area (Å²) >= 11 is 9.63. The van der Waals surface area contributed by atoms with Gasteiger partial charge in [-0.1, -0.05) is 12.2 Å². The third kappa shape index (κ3) is 5.46. The van der Waals surface area contributed by atoms with Gasteiger partial charge in [0.1, 0.15) is 40.6 Å². The number of fused-ring (bicyclic) bond motifs is 4. The number of aryl methyl sites for hydroxylation is 4. The van der Waals surface area contributed by atoms with Crippen LogP contribution in [0.25, 0.3) is 22.1 Å². The van der Waals surface area contributed by atoms with Crippen molar-refractivity contribution >= 4 is 79.5 Å². The van der Waals surface area contributed by atoms with Gasteiger partial charge in [0.05, 0.1) is 31.6 Å². The number of aromatic amines is 2. The number of thiocarbonyl (C=S) groups is 1. The minimum Gasteiger partial charge on any atom is -0.352 e. The molecule has 276 valence electrons. The minimum absolute atomic E-state index is 0.0165. The van der Waals surface area contributed by atoms with Crippen LogP contribution in [-0.2, 0) is 25.7 Å². The Morgan fingerprint density at radius 1 is 0.667 bits per heavy atom. The van der Waals surface area contributed by atoms with Crippen LogP contribution in [0.4, 0.5) is 11.6 Å². The molecule has 2 saturated heterocycles. The number of nitrogens with zero attached hydrogens (tertiary/aromatic N) is 8. The average Bonchev–Trinajstić information content (AvgIpc) is 3.68. The summed E-state index contributed by atoms with van der Waals surface area (Å²) in [7, 11) is 0. The van der Waals surface area contributed by atoms with Crippen molar-refractivity contribution in [2.45, 2.75) is 75.3 Å². The number of amides is 1. The molecule has 4 fully saturated rings. The van der Waals surface area contributed by atoms with Crippen molar-refractivity contribution in [2.75, 3.05) is 49.1 Å². The van der Waals surface area contributed by atoms with E-state index < -0.39 is 0 Å². The van der Waals surface area contributed by atoms with Crippen molar-refractivity contribution in [3.8, 4) is 0 Å². The molecular weight excluding hydrogens is 733 g/mol. The van der Waals surface area contributed by atoms with Crippen LogP contribution in [0.5, 0.6) is 0 Å². The number of H-pyrrole nitrogens is 2. The second-order valence-corrected chi connectivity index (χ2v) is 18.6. The first-order valence-corrected chi connectivity index (χ1v) is 21.4. The second-order valence-electron chi connectivity index (χ2n) is 15.9. The number of rotatable bonds is 4. The van der Waals surface area contributed by atoms with Crippen molar-refractivity contribution < 1.29 is 4.79 Å². The van der Waals surface area contributed by atoms with E-state index in [1.54, 1.807) is 28.9 Å². The first-order chi connectivity index (χ1) is 26.5. The molecule has 12 rings (SSSR count). The molecule has 6 aliphatic rings. The number of piperazine rings is 2. The van der Waals surface area contributed by atoms with Crippen LogP contribution < -0.4 is 9.80 Å². The zero-order valence-corrected chi connectivity index (χ0v) is 32.6. The van der Waals surface area contributed by atoms with Gasteiger partial charge in [0, 0.05) is 61.4 Å². The molecule has 0 atom stereocenters. The molecule has 11 nitrogen and oxygen atoms in total. The van der Waals surface area contributed by atoms with Gasteiger partial charge in [-0.15, -0.1) is 22.7 Å². The van der Waals surface area contributed by atoms with Gasteiger partial charge >= 0.3 is 0 Å². The van der Waals surface area contributed by atoms with Crippen molar-refractivity contribution in [1.82, 2.24) is 39.7 Å². The quantitative estimate of drug-likeness (QED) is 0.193. The second kappa shape index (κ2) is 12.6. The molecule has 6 aromatic heterocycles. The molecule has 14 heteroatoms. The van der Waals surface area contributed by atoms with Gasteiger partial charge in [-0.3, -0.25) is 4.79 Å². The standard InChI is InChI=1S/C20H21N5OS.C20H21N5S2/c2*26-19(16-10-13-2-1-3-15(13)27-16)25-9-8-24(11-20(25)5-6-20)18-14-4-7-21-17(14)22-12-23-18/h2*4,7,10,12H,1-3,5-6,8-9,11H2,(H,21,22,23). The summed E-state index contributed by atoms with van der Waals surface area (Å²) in [5.41, 5.74) is 4.90. The normalized spacial score (nSPS) is 20.4. The molecule has 0 bridgehead atoms.